The molecule has 0 aromatic carbocycles. The molecule has 0 bridgehead atoms. The van der Waals surface area contributed by atoms with E-state index in [1.807, 2.05) is 30.8 Å². The van der Waals surface area contributed by atoms with Gasteiger partial charge >= 0.3 is 0 Å². The van der Waals surface area contributed by atoms with Crippen LogP contribution in [0.15, 0.2) is 22.8 Å². The minimum atomic E-state index is -0.155. The molecule has 1 saturated heterocycles. The number of nitrogens with one attached hydrogen (secondary N) is 2. The summed E-state index contributed by atoms with van der Waals surface area (Å²) in [6, 6.07) is 3.53. The maximum absolute atomic E-state index is 11.9. The molecule has 0 radical (unpaired) electrons. The summed E-state index contributed by atoms with van der Waals surface area (Å²) in [7, 11) is 0. The second-order valence-electron chi connectivity index (χ2n) is 4.92. The van der Waals surface area contributed by atoms with Crippen molar-refractivity contribution in [3.63, 3.8) is 0 Å². The van der Waals surface area contributed by atoms with E-state index in [-0.39, 0.29) is 11.9 Å². The van der Waals surface area contributed by atoms with Crippen LogP contribution in [0.4, 0.5) is 0 Å². The van der Waals surface area contributed by atoms with Crippen molar-refractivity contribution < 1.29 is 9.21 Å². The quantitative estimate of drug-likeness (QED) is 0.839. The van der Waals surface area contributed by atoms with Gasteiger partial charge in [0, 0.05) is 11.8 Å². The molecule has 1 aliphatic rings. The zero-order valence-corrected chi connectivity index (χ0v) is 12.2. The van der Waals surface area contributed by atoms with Gasteiger partial charge in [0.05, 0.1) is 18.8 Å². The summed E-state index contributed by atoms with van der Waals surface area (Å²) in [6.45, 7) is 3.28. The molecule has 5 heteroatoms. The second kappa shape index (κ2) is 7.60. The summed E-state index contributed by atoms with van der Waals surface area (Å²) in [5.74, 6) is 2.06. The summed E-state index contributed by atoms with van der Waals surface area (Å²) in [5, 5.41) is 6.85. The molecule has 2 N–H and O–H groups in total. The molecule has 2 heterocycles. The van der Waals surface area contributed by atoms with Crippen molar-refractivity contribution >= 4 is 17.7 Å². The van der Waals surface area contributed by atoms with E-state index >= 15 is 0 Å². The molecule has 0 saturated carbocycles. The van der Waals surface area contributed by atoms with Crippen LogP contribution in [0, 0.1) is 0 Å². The summed E-state index contributed by atoms with van der Waals surface area (Å²) in [5.41, 5.74) is 0. The topological polar surface area (TPSA) is 54.3 Å². The van der Waals surface area contributed by atoms with E-state index in [1.165, 1.54) is 25.0 Å². The first-order chi connectivity index (χ1) is 9.25. The number of thioether (sulfide) groups is 1. The van der Waals surface area contributed by atoms with E-state index in [4.69, 9.17) is 4.42 Å². The first-order valence-electron chi connectivity index (χ1n) is 6.91. The highest BCUT2D eigenvalue weighted by Gasteiger charge is 2.17. The highest BCUT2D eigenvalue weighted by Crippen LogP contribution is 2.24. The molecule has 1 aromatic rings. The van der Waals surface area contributed by atoms with Gasteiger partial charge in [0.1, 0.15) is 5.76 Å². The second-order valence-corrected chi connectivity index (χ2v) is 6.32. The summed E-state index contributed by atoms with van der Waals surface area (Å²) < 4.78 is 5.18. The molecular weight excluding hydrogens is 260 g/mol. The number of hydrogen-bond donors (Lipinski definition) is 2. The average Bonchev–Trinajstić information content (AvgIpc) is 2.96. The van der Waals surface area contributed by atoms with Crippen molar-refractivity contribution in [2.45, 2.75) is 44.0 Å². The monoisotopic (exact) mass is 282 g/mol. The van der Waals surface area contributed by atoms with Crippen LogP contribution in [-0.2, 0) is 11.3 Å². The van der Waals surface area contributed by atoms with Crippen LogP contribution in [0.3, 0.4) is 0 Å². The zero-order chi connectivity index (χ0) is 13.5. The molecule has 1 aliphatic heterocycles. The van der Waals surface area contributed by atoms with E-state index in [9.17, 15) is 4.79 Å². The van der Waals surface area contributed by atoms with Crippen LogP contribution in [-0.4, -0.2) is 29.5 Å². The van der Waals surface area contributed by atoms with Gasteiger partial charge in [0.2, 0.25) is 5.91 Å². The Morgan fingerprint density at radius 3 is 3.16 bits per heavy atom. The molecule has 4 nitrogen and oxygen atoms in total. The maximum atomic E-state index is 11.9. The van der Waals surface area contributed by atoms with Gasteiger partial charge in [0.15, 0.2) is 0 Å². The van der Waals surface area contributed by atoms with E-state index in [1.54, 1.807) is 6.26 Å². The van der Waals surface area contributed by atoms with Gasteiger partial charge in [-0.2, -0.15) is 11.8 Å². The van der Waals surface area contributed by atoms with E-state index in [0.717, 1.165) is 12.3 Å². The number of rotatable bonds is 6. The molecule has 2 unspecified atom stereocenters. The van der Waals surface area contributed by atoms with Crippen molar-refractivity contribution in [2.24, 2.45) is 0 Å². The lowest BCUT2D eigenvalue weighted by Gasteiger charge is -2.23. The maximum Gasteiger partial charge on any atom is 0.237 e. The molecule has 2 rings (SSSR count). The van der Waals surface area contributed by atoms with Crippen LogP contribution in [0.1, 0.15) is 31.9 Å². The molecule has 2 atom stereocenters. The van der Waals surface area contributed by atoms with Crippen LogP contribution in [0.25, 0.3) is 0 Å². The SMILES string of the molecule is CC(NCC1CCCCS1)C(=O)NCc1ccco1. The molecule has 1 aromatic heterocycles. The Morgan fingerprint density at radius 2 is 2.47 bits per heavy atom. The smallest absolute Gasteiger partial charge is 0.237 e. The Balaban J connectivity index is 1.64. The van der Waals surface area contributed by atoms with Crippen molar-refractivity contribution in [2.75, 3.05) is 12.3 Å². The first-order valence-corrected chi connectivity index (χ1v) is 7.95. The number of furan rings is 1. The molecule has 1 amide bonds. The molecular formula is C14H22N2O2S. The highest BCUT2D eigenvalue weighted by molar-refractivity contribution is 7.99. The van der Waals surface area contributed by atoms with Crippen molar-refractivity contribution in [1.29, 1.82) is 0 Å². The van der Waals surface area contributed by atoms with Crippen LogP contribution in [0.5, 0.6) is 0 Å². The number of carbonyl (C=O) groups is 1. The van der Waals surface area contributed by atoms with Crippen molar-refractivity contribution in [3.8, 4) is 0 Å². The third-order valence-electron chi connectivity index (χ3n) is 3.34. The van der Waals surface area contributed by atoms with E-state index < -0.39 is 0 Å². The van der Waals surface area contributed by atoms with Crippen LogP contribution >= 0.6 is 11.8 Å². The van der Waals surface area contributed by atoms with E-state index in [0.29, 0.717) is 11.8 Å². The Hall–Kier alpha value is -0.940. The number of amides is 1. The fourth-order valence-electron chi connectivity index (χ4n) is 2.11. The van der Waals surface area contributed by atoms with Gasteiger partial charge in [0.25, 0.3) is 0 Å². The van der Waals surface area contributed by atoms with Gasteiger partial charge in [-0.05, 0) is 37.7 Å². The van der Waals surface area contributed by atoms with Gasteiger partial charge in [-0.15, -0.1) is 0 Å². The standard InChI is InChI=1S/C14H22N2O2S/c1-11(15-10-13-6-2-3-8-19-13)14(17)16-9-12-5-4-7-18-12/h4-5,7,11,13,15H,2-3,6,8-10H2,1H3,(H,16,17). The minimum Gasteiger partial charge on any atom is -0.467 e. The van der Waals surface area contributed by atoms with Crippen molar-refractivity contribution in [1.82, 2.24) is 10.6 Å². The van der Waals surface area contributed by atoms with Gasteiger partial charge in [-0.1, -0.05) is 6.42 Å². The lowest BCUT2D eigenvalue weighted by Crippen LogP contribution is -2.44. The average molecular weight is 282 g/mol. The largest absolute Gasteiger partial charge is 0.467 e. The summed E-state index contributed by atoms with van der Waals surface area (Å²) in [6.07, 6.45) is 5.53. The summed E-state index contributed by atoms with van der Waals surface area (Å²) in [4.78, 5) is 11.9. The van der Waals surface area contributed by atoms with Crippen LogP contribution < -0.4 is 10.6 Å². The summed E-state index contributed by atoms with van der Waals surface area (Å²) >= 11 is 2.02. The zero-order valence-electron chi connectivity index (χ0n) is 11.4. The Kier molecular flexibility index (Phi) is 5.79. The molecule has 1 fully saturated rings. The third kappa shape index (κ3) is 4.91. The van der Waals surface area contributed by atoms with E-state index in [2.05, 4.69) is 10.6 Å². The predicted octanol–water partition coefficient (Wildman–Crippen LogP) is 2.16. The van der Waals surface area contributed by atoms with Gasteiger partial charge in [-0.25, -0.2) is 0 Å². The molecule has 106 valence electrons. The molecule has 0 aliphatic carbocycles. The lowest BCUT2D eigenvalue weighted by atomic mass is 10.2. The normalized spacial score (nSPS) is 21.0. The number of carbonyl (C=O) groups excluding carboxylic acids is 1. The fourth-order valence-corrected chi connectivity index (χ4v) is 3.36. The van der Waals surface area contributed by atoms with Crippen molar-refractivity contribution in [3.05, 3.63) is 24.2 Å². The Bertz CT molecular complexity index is 375. The Labute approximate surface area is 118 Å². The minimum absolute atomic E-state index is 0.0252. The lowest BCUT2D eigenvalue weighted by molar-refractivity contribution is -0.123. The first kappa shape index (κ1) is 14.5. The fraction of sp³-hybridized carbons (Fsp3) is 0.643. The third-order valence-corrected chi connectivity index (χ3v) is 4.73. The molecule has 0 spiro atoms. The molecule has 19 heavy (non-hydrogen) atoms. The number of hydrogen-bond acceptors (Lipinski definition) is 4. The van der Waals surface area contributed by atoms with Gasteiger partial charge < -0.3 is 15.1 Å². The highest BCUT2D eigenvalue weighted by atomic mass is 32.2. The van der Waals surface area contributed by atoms with Crippen LogP contribution in [0.2, 0.25) is 0 Å². The Morgan fingerprint density at radius 1 is 1.58 bits per heavy atom. The van der Waals surface area contributed by atoms with Gasteiger partial charge in [-0.3, -0.25) is 4.79 Å². The predicted molar refractivity (Wildman–Crippen MR) is 78.1 cm³/mol.